The number of nitrogens with one attached hydrogen (secondary N) is 1. The smallest absolute Gasteiger partial charge is 0.227 e. The molecule has 1 amide bonds. The molecule has 2 aliphatic rings. The lowest BCUT2D eigenvalue weighted by molar-refractivity contribution is -0.132. The topological polar surface area (TPSA) is 54.5 Å². The first kappa shape index (κ1) is 14.3. The molecule has 3 rings (SSSR count). The van der Waals surface area contributed by atoms with Gasteiger partial charge in [0.25, 0.3) is 0 Å². The van der Waals surface area contributed by atoms with E-state index in [4.69, 9.17) is 4.74 Å². The molecule has 0 aliphatic carbocycles. The second-order valence-electron chi connectivity index (χ2n) is 6.07. The number of likely N-dealkylation sites (tertiary alicyclic amines) is 1. The number of ether oxygens (including phenoxy) is 1. The molecule has 2 aliphatic heterocycles. The third-order valence-electron chi connectivity index (χ3n) is 4.72. The van der Waals surface area contributed by atoms with Crippen molar-refractivity contribution in [1.29, 1.82) is 0 Å². The molecule has 1 aromatic heterocycles. The molecule has 114 valence electrons. The van der Waals surface area contributed by atoms with Crippen LogP contribution in [0.2, 0.25) is 0 Å². The predicted octanol–water partition coefficient (Wildman–Crippen LogP) is 1.42. The van der Waals surface area contributed by atoms with Gasteiger partial charge in [-0.25, -0.2) is 0 Å². The van der Waals surface area contributed by atoms with Crippen molar-refractivity contribution in [3.8, 4) is 5.75 Å². The van der Waals surface area contributed by atoms with Crippen LogP contribution in [0.15, 0.2) is 6.20 Å². The summed E-state index contributed by atoms with van der Waals surface area (Å²) < 4.78 is 5.45. The van der Waals surface area contributed by atoms with Gasteiger partial charge in [-0.05, 0) is 33.2 Å². The average molecular weight is 289 g/mol. The van der Waals surface area contributed by atoms with Gasteiger partial charge in [-0.1, -0.05) is 0 Å². The number of carbonyl (C=O) groups excluding carboxylic acids is 1. The molecule has 0 aromatic carbocycles. The Hall–Kier alpha value is -1.62. The van der Waals surface area contributed by atoms with Gasteiger partial charge in [0, 0.05) is 29.9 Å². The Morgan fingerprint density at radius 2 is 2.29 bits per heavy atom. The zero-order chi connectivity index (χ0) is 15.0. The van der Waals surface area contributed by atoms with Crippen LogP contribution in [-0.4, -0.2) is 42.0 Å². The summed E-state index contributed by atoms with van der Waals surface area (Å²) >= 11 is 0. The van der Waals surface area contributed by atoms with E-state index in [-0.39, 0.29) is 11.8 Å². The fourth-order valence-electron chi connectivity index (χ4n) is 3.56. The molecule has 1 aromatic rings. The van der Waals surface area contributed by atoms with Crippen molar-refractivity contribution in [2.24, 2.45) is 5.92 Å². The maximum Gasteiger partial charge on any atom is 0.227 e. The first-order valence-electron chi connectivity index (χ1n) is 7.63. The molecule has 5 heteroatoms. The summed E-state index contributed by atoms with van der Waals surface area (Å²) in [4.78, 5) is 19.0. The van der Waals surface area contributed by atoms with Gasteiger partial charge in [-0.3, -0.25) is 9.78 Å². The van der Waals surface area contributed by atoms with Crippen LogP contribution in [0.5, 0.6) is 5.75 Å². The number of methoxy groups -OCH3 is 1. The number of fused-ring (bicyclic) bond motifs is 1. The monoisotopic (exact) mass is 289 g/mol. The Balaban J connectivity index is 1.80. The van der Waals surface area contributed by atoms with E-state index in [2.05, 4.69) is 10.3 Å². The zero-order valence-electron chi connectivity index (χ0n) is 13.0. The van der Waals surface area contributed by atoms with E-state index in [0.717, 1.165) is 48.5 Å². The first-order chi connectivity index (χ1) is 10.1. The highest BCUT2D eigenvalue weighted by molar-refractivity contribution is 5.82. The molecule has 0 radical (unpaired) electrons. The van der Waals surface area contributed by atoms with E-state index in [0.29, 0.717) is 12.6 Å². The van der Waals surface area contributed by atoms with Gasteiger partial charge < -0.3 is 15.0 Å². The third kappa shape index (κ3) is 2.50. The van der Waals surface area contributed by atoms with Gasteiger partial charge in [0.2, 0.25) is 5.91 Å². The number of rotatable bonds is 3. The minimum absolute atomic E-state index is 0.159. The second kappa shape index (κ2) is 5.64. The lowest BCUT2D eigenvalue weighted by Crippen LogP contribution is -2.41. The van der Waals surface area contributed by atoms with Crippen molar-refractivity contribution in [2.45, 2.75) is 39.3 Å². The molecule has 0 bridgehead atoms. The van der Waals surface area contributed by atoms with Crippen molar-refractivity contribution in [1.82, 2.24) is 15.2 Å². The molecule has 2 fully saturated rings. The van der Waals surface area contributed by atoms with Crippen molar-refractivity contribution >= 4 is 5.91 Å². The van der Waals surface area contributed by atoms with Crippen molar-refractivity contribution in [3.05, 3.63) is 23.0 Å². The van der Waals surface area contributed by atoms with Gasteiger partial charge in [0.1, 0.15) is 5.75 Å². The number of hydrogen-bond acceptors (Lipinski definition) is 4. The van der Waals surface area contributed by atoms with Crippen LogP contribution in [0.1, 0.15) is 29.7 Å². The van der Waals surface area contributed by atoms with Gasteiger partial charge >= 0.3 is 0 Å². The summed E-state index contributed by atoms with van der Waals surface area (Å²) in [5.74, 6) is 1.31. The van der Waals surface area contributed by atoms with E-state index >= 15 is 0 Å². The second-order valence-corrected chi connectivity index (χ2v) is 6.07. The quantitative estimate of drug-likeness (QED) is 0.914. The van der Waals surface area contributed by atoms with Crippen LogP contribution in [0.25, 0.3) is 0 Å². The van der Waals surface area contributed by atoms with Gasteiger partial charge in [-0.15, -0.1) is 0 Å². The standard InChI is InChI=1S/C16H23N3O2/c1-10-7-18-13(11(2)15(10)21-3)8-19-9-14-12(16(19)20)5-4-6-17-14/h7,12,14,17H,4-6,8-9H2,1-3H3. The molecule has 2 atom stereocenters. The highest BCUT2D eigenvalue weighted by Crippen LogP contribution is 2.29. The average Bonchev–Trinajstić information content (AvgIpc) is 2.80. The normalized spacial score (nSPS) is 25.1. The Kier molecular flexibility index (Phi) is 3.85. The van der Waals surface area contributed by atoms with E-state index in [1.807, 2.05) is 24.9 Å². The largest absolute Gasteiger partial charge is 0.496 e. The maximum absolute atomic E-state index is 12.5. The highest BCUT2D eigenvalue weighted by atomic mass is 16.5. The molecule has 2 unspecified atom stereocenters. The number of aromatic nitrogens is 1. The molecule has 0 saturated carbocycles. The number of pyridine rings is 1. The van der Waals surface area contributed by atoms with Crippen LogP contribution in [-0.2, 0) is 11.3 Å². The van der Waals surface area contributed by atoms with Crippen LogP contribution < -0.4 is 10.1 Å². The summed E-state index contributed by atoms with van der Waals surface area (Å²) in [5, 5.41) is 3.47. The SMILES string of the molecule is COc1c(C)cnc(CN2CC3NCCCC3C2=O)c1C. The lowest BCUT2D eigenvalue weighted by Gasteiger charge is -2.23. The molecule has 3 heterocycles. The van der Waals surface area contributed by atoms with Crippen molar-refractivity contribution in [3.63, 3.8) is 0 Å². The molecule has 1 N–H and O–H groups in total. The Morgan fingerprint density at radius 3 is 3.00 bits per heavy atom. The van der Waals surface area contributed by atoms with Crippen LogP contribution in [0, 0.1) is 19.8 Å². The highest BCUT2D eigenvalue weighted by Gasteiger charge is 2.41. The fourth-order valence-corrected chi connectivity index (χ4v) is 3.56. The van der Waals surface area contributed by atoms with Gasteiger partial charge in [-0.2, -0.15) is 0 Å². The summed E-state index contributed by atoms with van der Waals surface area (Å²) in [6, 6.07) is 0.318. The van der Waals surface area contributed by atoms with Crippen LogP contribution in [0.3, 0.4) is 0 Å². The molecule has 5 nitrogen and oxygen atoms in total. The maximum atomic E-state index is 12.5. The number of nitrogens with zero attached hydrogens (tertiary/aromatic N) is 2. The lowest BCUT2D eigenvalue weighted by atomic mass is 9.94. The Morgan fingerprint density at radius 1 is 1.48 bits per heavy atom. The number of piperidine rings is 1. The van der Waals surface area contributed by atoms with Crippen molar-refractivity contribution in [2.75, 3.05) is 20.2 Å². The molecule has 0 spiro atoms. The summed E-state index contributed by atoms with van der Waals surface area (Å²) in [6.45, 7) is 6.40. The minimum Gasteiger partial charge on any atom is -0.496 e. The van der Waals surface area contributed by atoms with E-state index in [1.54, 1.807) is 7.11 Å². The van der Waals surface area contributed by atoms with Crippen molar-refractivity contribution < 1.29 is 9.53 Å². The summed E-state index contributed by atoms with van der Waals surface area (Å²) in [5.41, 5.74) is 3.00. The Labute approximate surface area is 125 Å². The summed E-state index contributed by atoms with van der Waals surface area (Å²) in [7, 11) is 1.68. The van der Waals surface area contributed by atoms with Crippen LogP contribution >= 0.6 is 0 Å². The summed E-state index contributed by atoms with van der Waals surface area (Å²) in [6.07, 6.45) is 3.93. The zero-order valence-corrected chi connectivity index (χ0v) is 13.0. The number of amides is 1. The molecule has 2 saturated heterocycles. The molecular weight excluding hydrogens is 266 g/mol. The predicted molar refractivity (Wildman–Crippen MR) is 80.2 cm³/mol. The van der Waals surface area contributed by atoms with E-state index in [9.17, 15) is 4.79 Å². The molecular formula is C16H23N3O2. The van der Waals surface area contributed by atoms with E-state index in [1.165, 1.54) is 0 Å². The molecule has 21 heavy (non-hydrogen) atoms. The van der Waals surface area contributed by atoms with Gasteiger partial charge in [0.15, 0.2) is 0 Å². The first-order valence-corrected chi connectivity index (χ1v) is 7.63. The fraction of sp³-hybridized carbons (Fsp3) is 0.625. The van der Waals surface area contributed by atoms with Crippen LogP contribution in [0.4, 0.5) is 0 Å². The third-order valence-corrected chi connectivity index (χ3v) is 4.72. The number of carbonyl (C=O) groups is 1. The number of hydrogen-bond donors (Lipinski definition) is 1. The minimum atomic E-state index is 0.159. The van der Waals surface area contributed by atoms with E-state index < -0.39 is 0 Å². The number of aryl methyl sites for hydroxylation is 1. The Bertz CT molecular complexity index is 559. The van der Waals surface area contributed by atoms with Gasteiger partial charge in [0.05, 0.1) is 25.3 Å².